The van der Waals surface area contributed by atoms with E-state index in [1.165, 1.54) is 6.42 Å². The molecule has 4 heteroatoms. The van der Waals surface area contributed by atoms with Crippen molar-refractivity contribution >= 4 is 0 Å². The van der Waals surface area contributed by atoms with Crippen LogP contribution in [-0.4, -0.2) is 16.1 Å². The molecule has 0 saturated heterocycles. The molecule has 2 rings (SSSR count). The maximum Gasteiger partial charge on any atom is 0.237 e. The fourth-order valence-electron chi connectivity index (χ4n) is 3.10. The second-order valence-electron chi connectivity index (χ2n) is 6.17. The summed E-state index contributed by atoms with van der Waals surface area (Å²) >= 11 is 0. The van der Waals surface area contributed by atoms with Crippen LogP contribution in [0.3, 0.4) is 0 Å². The summed E-state index contributed by atoms with van der Waals surface area (Å²) in [6.45, 7) is 7.27. The minimum atomic E-state index is 0.228. The summed E-state index contributed by atoms with van der Waals surface area (Å²) in [6, 6.07) is 0. The number of nitrogens with zero attached hydrogens (tertiary/aromatic N) is 2. The molecule has 0 radical (unpaired) electrons. The summed E-state index contributed by atoms with van der Waals surface area (Å²) in [5, 5.41) is 0. The second-order valence-corrected chi connectivity index (χ2v) is 6.17. The van der Waals surface area contributed by atoms with Crippen LogP contribution in [0.5, 0.6) is 5.88 Å². The Morgan fingerprint density at radius 3 is 2.72 bits per heavy atom. The van der Waals surface area contributed by atoms with E-state index in [0.29, 0.717) is 23.8 Å². The van der Waals surface area contributed by atoms with E-state index < -0.39 is 0 Å². The first-order chi connectivity index (χ1) is 8.50. The molecule has 1 aliphatic rings. The van der Waals surface area contributed by atoms with Crippen molar-refractivity contribution in [3.05, 3.63) is 18.1 Å². The van der Waals surface area contributed by atoms with E-state index in [-0.39, 0.29) is 6.10 Å². The van der Waals surface area contributed by atoms with Gasteiger partial charge < -0.3 is 10.5 Å². The summed E-state index contributed by atoms with van der Waals surface area (Å²) in [7, 11) is 0. The molecule has 2 atom stereocenters. The van der Waals surface area contributed by atoms with Gasteiger partial charge in [0.25, 0.3) is 0 Å². The van der Waals surface area contributed by atoms with Crippen molar-refractivity contribution in [2.45, 2.75) is 52.7 Å². The third-order valence-corrected chi connectivity index (χ3v) is 3.55. The van der Waals surface area contributed by atoms with E-state index in [1.807, 2.05) is 0 Å². The van der Waals surface area contributed by atoms with E-state index >= 15 is 0 Å². The van der Waals surface area contributed by atoms with Crippen LogP contribution in [0.25, 0.3) is 0 Å². The van der Waals surface area contributed by atoms with Crippen molar-refractivity contribution in [2.75, 3.05) is 0 Å². The van der Waals surface area contributed by atoms with Crippen molar-refractivity contribution in [1.29, 1.82) is 0 Å². The van der Waals surface area contributed by atoms with Gasteiger partial charge in [-0.1, -0.05) is 20.8 Å². The minimum Gasteiger partial charge on any atom is -0.473 e. The fourth-order valence-corrected chi connectivity index (χ4v) is 3.10. The quantitative estimate of drug-likeness (QED) is 0.894. The zero-order valence-corrected chi connectivity index (χ0v) is 11.5. The highest BCUT2D eigenvalue weighted by molar-refractivity contribution is 5.17. The van der Waals surface area contributed by atoms with E-state index in [0.717, 1.165) is 18.5 Å². The molecule has 1 heterocycles. The molecule has 0 aliphatic heterocycles. The summed E-state index contributed by atoms with van der Waals surface area (Å²) in [5.41, 5.74) is 6.74. The summed E-state index contributed by atoms with van der Waals surface area (Å²) in [6.07, 6.45) is 6.96. The molecule has 100 valence electrons. The first kappa shape index (κ1) is 13.3. The lowest BCUT2D eigenvalue weighted by molar-refractivity contribution is 0.0522. The predicted octanol–water partition coefficient (Wildman–Crippen LogP) is 2.53. The largest absolute Gasteiger partial charge is 0.473 e. The van der Waals surface area contributed by atoms with E-state index in [1.54, 1.807) is 12.4 Å². The van der Waals surface area contributed by atoms with E-state index in [9.17, 15) is 0 Å². The Bertz CT molecular complexity index is 406. The van der Waals surface area contributed by atoms with Gasteiger partial charge in [-0.25, -0.2) is 4.98 Å². The first-order valence-corrected chi connectivity index (χ1v) is 6.67. The third kappa shape index (κ3) is 3.19. The lowest BCUT2D eigenvalue weighted by Gasteiger charge is -2.38. The SMILES string of the molecule is CC1CC(Oc2nccnc2CN)CC(C)(C)C1. The lowest BCUT2D eigenvalue weighted by atomic mass is 9.71. The Kier molecular flexibility index (Phi) is 3.85. The molecular formula is C14H23N3O. The third-order valence-electron chi connectivity index (χ3n) is 3.55. The fraction of sp³-hybridized carbons (Fsp3) is 0.714. The maximum atomic E-state index is 6.03. The van der Waals surface area contributed by atoms with Gasteiger partial charge in [0.05, 0.1) is 0 Å². The molecule has 4 nitrogen and oxygen atoms in total. The lowest BCUT2D eigenvalue weighted by Crippen LogP contribution is -2.34. The molecule has 1 aromatic rings. The molecule has 18 heavy (non-hydrogen) atoms. The molecule has 1 aromatic heterocycles. The molecule has 0 aromatic carbocycles. The molecule has 0 bridgehead atoms. The number of hydrogen-bond donors (Lipinski definition) is 1. The summed E-state index contributed by atoms with van der Waals surface area (Å²) in [5.74, 6) is 1.30. The number of rotatable bonds is 3. The second kappa shape index (κ2) is 5.22. The average Bonchev–Trinajstić information content (AvgIpc) is 2.27. The van der Waals surface area contributed by atoms with Crippen molar-refractivity contribution < 1.29 is 4.74 Å². The number of nitrogens with two attached hydrogens (primary N) is 1. The van der Waals surface area contributed by atoms with Crippen molar-refractivity contribution in [3.63, 3.8) is 0 Å². The Hall–Kier alpha value is -1.16. The smallest absolute Gasteiger partial charge is 0.237 e. The highest BCUT2D eigenvalue weighted by atomic mass is 16.5. The maximum absolute atomic E-state index is 6.03. The molecule has 2 N–H and O–H groups in total. The highest BCUT2D eigenvalue weighted by Crippen LogP contribution is 2.39. The molecule has 0 spiro atoms. The van der Waals surface area contributed by atoms with Crippen LogP contribution < -0.4 is 10.5 Å². The van der Waals surface area contributed by atoms with Gasteiger partial charge in [0.1, 0.15) is 11.8 Å². The van der Waals surface area contributed by atoms with Gasteiger partial charge in [-0.05, 0) is 30.6 Å². The monoisotopic (exact) mass is 249 g/mol. The van der Waals surface area contributed by atoms with Crippen LogP contribution in [0.15, 0.2) is 12.4 Å². The van der Waals surface area contributed by atoms with Crippen LogP contribution >= 0.6 is 0 Å². The Morgan fingerprint density at radius 1 is 1.33 bits per heavy atom. The topological polar surface area (TPSA) is 61.0 Å². The van der Waals surface area contributed by atoms with E-state index in [4.69, 9.17) is 10.5 Å². The normalized spacial score (nSPS) is 26.9. The van der Waals surface area contributed by atoms with Crippen LogP contribution in [0.2, 0.25) is 0 Å². The van der Waals surface area contributed by atoms with Gasteiger partial charge >= 0.3 is 0 Å². The Morgan fingerprint density at radius 2 is 2.06 bits per heavy atom. The number of ether oxygens (including phenoxy) is 1. The highest BCUT2D eigenvalue weighted by Gasteiger charge is 2.33. The van der Waals surface area contributed by atoms with Crippen molar-refractivity contribution in [1.82, 2.24) is 9.97 Å². The van der Waals surface area contributed by atoms with Gasteiger partial charge in [0.2, 0.25) is 5.88 Å². The zero-order chi connectivity index (χ0) is 13.2. The zero-order valence-electron chi connectivity index (χ0n) is 11.5. The molecule has 1 aliphatic carbocycles. The number of hydrogen-bond acceptors (Lipinski definition) is 4. The predicted molar refractivity (Wildman–Crippen MR) is 71.1 cm³/mol. The molecular weight excluding hydrogens is 226 g/mol. The first-order valence-electron chi connectivity index (χ1n) is 6.67. The molecule has 1 saturated carbocycles. The molecule has 0 amide bonds. The average molecular weight is 249 g/mol. The van der Waals surface area contributed by atoms with Crippen LogP contribution in [0, 0.1) is 11.3 Å². The standard InChI is InChI=1S/C14H23N3O/c1-10-6-11(8-14(2,3)7-10)18-13-12(9-15)16-4-5-17-13/h4-5,10-11H,6-9,15H2,1-3H3. The summed E-state index contributed by atoms with van der Waals surface area (Å²) in [4.78, 5) is 8.46. The van der Waals surface area contributed by atoms with Gasteiger partial charge in [0.15, 0.2) is 0 Å². The molecule has 1 fully saturated rings. The van der Waals surface area contributed by atoms with E-state index in [2.05, 4.69) is 30.7 Å². The minimum absolute atomic E-state index is 0.228. The van der Waals surface area contributed by atoms with Gasteiger partial charge in [-0.3, -0.25) is 4.98 Å². The Balaban J connectivity index is 2.09. The van der Waals surface area contributed by atoms with Crippen LogP contribution in [0.1, 0.15) is 45.7 Å². The van der Waals surface area contributed by atoms with Gasteiger partial charge in [0, 0.05) is 18.9 Å². The van der Waals surface area contributed by atoms with Crippen LogP contribution in [0.4, 0.5) is 0 Å². The Labute approximate surface area is 109 Å². The van der Waals surface area contributed by atoms with Gasteiger partial charge in [-0.2, -0.15) is 0 Å². The van der Waals surface area contributed by atoms with Gasteiger partial charge in [-0.15, -0.1) is 0 Å². The van der Waals surface area contributed by atoms with Crippen molar-refractivity contribution in [2.24, 2.45) is 17.1 Å². The molecule has 2 unspecified atom stereocenters. The number of aromatic nitrogens is 2. The van der Waals surface area contributed by atoms with Crippen LogP contribution in [-0.2, 0) is 6.54 Å². The van der Waals surface area contributed by atoms with Crippen molar-refractivity contribution in [3.8, 4) is 5.88 Å². The summed E-state index contributed by atoms with van der Waals surface area (Å²) < 4.78 is 6.03.